The monoisotopic (exact) mass is 266 g/mol. The highest BCUT2D eigenvalue weighted by molar-refractivity contribution is 5.23. The van der Waals surface area contributed by atoms with E-state index in [4.69, 9.17) is 4.74 Å². The van der Waals surface area contributed by atoms with Gasteiger partial charge in [-0.1, -0.05) is 12.1 Å². The fraction of sp³-hybridized carbons (Fsp3) is 0.600. The summed E-state index contributed by atoms with van der Waals surface area (Å²) in [5.41, 5.74) is 1.70. The molecule has 0 amide bonds. The molecule has 0 aliphatic carbocycles. The molecule has 106 valence electrons. The maximum atomic E-state index is 13.7. The Hall–Kier alpha value is -0.970. The van der Waals surface area contributed by atoms with Crippen LogP contribution in [0, 0.1) is 12.7 Å². The van der Waals surface area contributed by atoms with Crippen molar-refractivity contribution in [2.24, 2.45) is 0 Å². The first-order valence-corrected chi connectivity index (χ1v) is 6.93. The Bertz CT molecular complexity index is 405. The fourth-order valence-electron chi connectivity index (χ4n) is 2.32. The summed E-state index contributed by atoms with van der Waals surface area (Å²) in [4.78, 5) is 2.38. The first-order valence-electron chi connectivity index (χ1n) is 6.93. The lowest BCUT2D eigenvalue weighted by Crippen LogP contribution is -2.44. The van der Waals surface area contributed by atoms with Gasteiger partial charge in [0.25, 0.3) is 0 Å². The van der Waals surface area contributed by atoms with Gasteiger partial charge in [-0.2, -0.15) is 0 Å². The van der Waals surface area contributed by atoms with Crippen LogP contribution < -0.4 is 5.32 Å². The van der Waals surface area contributed by atoms with Crippen molar-refractivity contribution in [3.05, 3.63) is 35.1 Å². The van der Waals surface area contributed by atoms with Gasteiger partial charge < -0.3 is 10.1 Å². The number of benzene rings is 1. The largest absolute Gasteiger partial charge is 0.379 e. The first kappa shape index (κ1) is 14.4. The number of nitrogens with one attached hydrogen (secondary N) is 1. The van der Waals surface area contributed by atoms with Gasteiger partial charge in [0.15, 0.2) is 0 Å². The van der Waals surface area contributed by atoms with Crippen LogP contribution >= 0.6 is 0 Å². The van der Waals surface area contributed by atoms with Crippen molar-refractivity contribution in [2.75, 3.05) is 32.8 Å². The molecule has 1 N–H and O–H groups in total. The van der Waals surface area contributed by atoms with Gasteiger partial charge >= 0.3 is 0 Å². The number of hydrogen-bond donors (Lipinski definition) is 1. The van der Waals surface area contributed by atoms with Crippen molar-refractivity contribution in [3.8, 4) is 0 Å². The van der Waals surface area contributed by atoms with Crippen molar-refractivity contribution in [1.82, 2.24) is 10.2 Å². The van der Waals surface area contributed by atoms with Crippen molar-refractivity contribution in [2.45, 2.75) is 26.4 Å². The smallest absolute Gasteiger partial charge is 0.127 e. The lowest BCUT2D eigenvalue weighted by molar-refractivity contribution is 0.0343. The minimum atomic E-state index is -0.119. The van der Waals surface area contributed by atoms with E-state index in [0.29, 0.717) is 12.6 Å². The van der Waals surface area contributed by atoms with Gasteiger partial charge in [-0.25, -0.2) is 4.39 Å². The Labute approximate surface area is 114 Å². The van der Waals surface area contributed by atoms with E-state index < -0.39 is 0 Å². The molecule has 19 heavy (non-hydrogen) atoms. The molecule has 1 unspecified atom stereocenters. The zero-order valence-electron chi connectivity index (χ0n) is 11.8. The van der Waals surface area contributed by atoms with Gasteiger partial charge in [0.1, 0.15) is 5.82 Å². The Kier molecular flexibility index (Phi) is 5.31. The van der Waals surface area contributed by atoms with Crippen LogP contribution in [0.25, 0.3) is 0 Å². The van der Waals surface area contributed by atoms with E-state index in [2.05, 4.69) is 17.1 Å². The molecule has 2 rings (SSSR count). The standard InChI is InChI=1S/C15H23FN2O/c1-12-3-4-14(15(16)9-12)10-17-13(2)11-18-5-7-19-8-6-18/h3-4,9,13,17H,5-8,10-11H2,1-2H3. The summed E-state index contributed by atoms with van der Waals surface area (Å²) in [6, 6.07) is 5.74. The Balaban J connectivity index is 1.77. The number of hydrogen-bond acceptors (Lipinski definition) is 3. The zero-order chi connectivity index (χ0) is 13.7. The molecule has 1 atom stereocenters. The number of ether oxygens (including phenoxy) is 1. The third-order valence-electron chi connectivity index (χ3n) is 3.49. The van der Waals surface area contributed by atoms with Gasteiger partial charge in [0, 0.05) is 37.8 Å². The summed E-state index contributed by atoms with van der Waals surface area (Å²) >= 11 is 0. The molecule has 0 bridgehead atoms. The molecule has 1 aliphatic rings. The molecule has 1 aromatic carbocycles. The molecule has 4 heteroatoms. The number of nitrogens with zero attached hydrogens (tertiary/aromatic N) is 1. The number of morpholine rings is 1. The summed E-state index contributed by atoms with van der Waals surface area (Å²) in [7, 11) is 0. The summed E-state index contributed by atoms with van der Waals surface area (Å²) < 4.78 is 19.0. The van der Waals surface area contributed by atoms with Crippen LogP contribution in [-0.2, 0) is 11.3 Å². The quantitative estimate of drug-likeness (QED) is 0.881. The molecule has 1 fully saturated rings. The van der Waals surface area contributed by atoms with Gasteiger partial charge in [0.2, 0.25) is 0 Å². The molecule has 1 heterocycles. The topological polar surface area (TPSA) is 24.5 Å². The second-order valence-electron chi connectivity index (χ2n) is 5.29. The third-order valence-corrected chi connectivity index (χ3v) is 3.49. The highest BCUT2D eigenvalue weighted by Crippen LogP contribution is 2.10. The van der Waals surface area contributed by atoms with Gasteiger partial charge in [-0.05, 0) is 25.5 Å². The predicted molar refractivity (Wildman–Crippen MR) is 74.7 cm³/mol. The summed E-state index contributed by atoms with van der Waals surface area (Å²) in [5.74, 6) is -0.119. The van der Waals surface area contributed by atoms with Gasteiger partial charge in [-0.15, -0.1) is 0 Å². The minimum Gasteiger partial charge on any atom is -0.379 e. The molecule has 0 aromatic heterocycles. The zero-order valence-corrected chi connectivity index (χ0v) is 11.8. The van der Waals surface area contributed by atoms with E-state index in [0.717, 1.165) is 44.0 Å². The average Bonchev–Trinajstić information content (AvgIpc) is 2.39. The van der Waals surface area contributed by atoms with Crippen LogP contribution in [0.2, 0.25) is 0 Å². The van der Waals surface area contributed by atoms with Crippen LogP contribution in [0.15, 0.2) is 18.2 Å². The normalized spacial score (nSPS) is 18.5. The Morgan fingerprint density at radius 2 is 2.11 bits per heavy atom. The second-order valence-corrected chi connectivity index (χ2v) is 5.29. The lowest BCUT2D eigenvalue weighted by Gasteiger charge is -2.29. The SMILES string of the molecule is Cc1ccc(CNC(C)CN2CCOCC2)c(F)c1. The summed E-state index contributed by atoms with van der Waals surface area (Å²) in [5, 5.41) is 3.38. The van der Waals surface area contributed by atoms with E-state index in [9.17, 15) is 4.39 Å². The Morgan fingerprint density at radius 3 is 2.79 bits per heavy atom. The van der Waals surface area contributed by atoms with E-state index in [-0.39, 0.29) is 5.82 Å². The van der Waals surface area contributed by atoms with Gasteiger partial charge in [0.05, 0.1) is 13.2 Å². The van der Waals surface area contributed by atoms with Crippen molar-refractivity contribution in [1.29, 1.82) is 0 Å². The van der Waals surface area contributed by atoms with E-state index in [1.54, 1.807) is 6.07 Å². The van der Waals surface area contributed by atoms with E-state index in [1.165, 1.54) is 0 Å². The maximum absolute atomic E-state index is 13.7. The second kappa shape index (κ2) is 6.98. The molecule has 1 aromatic rings. The molecular weight excluding hydrogens is 243 g/mol. The minimum absolute atomic E-state index is 0.119. The molecule has 0 radical (unpaired) electrons. The highest BCUT2D eigenvalue weighted by atomic mass is 19.1. The molecule has 1 aliphatic heterocycles. The number of halogens is 1. The summed E-state index contributed by atoms with van der Waals surface area (Å²) in [6.07, 6.45) is 0. The third kappa shape index (κ3) is 4.56. The van der Waals surface area contributed by atoms with Crippen LogP contribution in [0.4, 0.5) is 4.39 Å². The fourth-order valence-corrected chi connectivity index (χ4v) is 2.32. The molecule has 1 saturated heterocycles. The Morgan fingerprint density at radius 1 is 1.37 bits per heavy atom. The van der Waals surface area contributed by atoms with Crippen molar-refractivity contribution >= 4 is 0 Å². The van der Waals surface area contributed by atoms with Crippen LogP contribution in [-0.4, -0.2) is 43.8 Å². The molecule has 3 nitrogen and oxygen atoms in total. The van der Waals surface area contributed by atoms with Crippen LogP contribution in [0.1, 0.15) is 18.1 Å². The highest BCUT2D eigenvalue weighted by Gasteiger charge is 2.13. The summed E-state index contributed by atoms with van der Waals surface area (Å²) in [6.45, 7) is 9.23. The molecule has 0 spiro atoms. The van der Waals surface area contributed by atoms with Crippen molar-refractivity contribution < 1.29 is 9.13 Å². The lowest BCUT2D eigenvalue weighted by atomic mass is 10.1. The van der Waals surface area contributed by atoms with Crippen molar-refractivity contribution in [3.63, 3.8) is 0 Å². The first-order chi connectivity index (χ1) is 9.15. The van der Waals surface area contributed by atoms with E-state index >= 15 is 0 Å². The van der Waals surface area contributed by atoms with Crippen LogP contribution in [0.5, 0.6) is 0 Å². The average molecular weight is 266 g/mol. The van der Waals surface area contributed by atoms with E-state index in [1.807, 2.05) is 19.1 Å². The molecule has 0 saturated carbocycles. The predicted octanol–water partition coefficient (Wildman–Crippen LogP) is 1.94. The van der Waals surface area contributed by atoms with Crippen LogP contribution in [0.3, 0.4) is 0 Å². The van der Waals surface area contributed by atoms with Gasteiger partial charge in [-0.3, -0.25) is 4.90 Å². The number of aryl methyl sites for hydroxylation is 1. The molecular formula is C15H23FN2O. The maximum Gasteiger partial charge on any atom is 0.127 e. The number of rotatable bonds is 5.